The fraction of sp³-hybridized carbons (Fsp3) is 0.417. The minimum Gasteiger partial charge on any atom is -0.330 e. The summed E-state index contributed by atoms with van der Waals surface area (Å²) in [7, 11) is 0. The Morgan fingerprint density at radius 2 is 2.13 bits per heavy atom. The van der Waals surface area contributed by atoms with Gasteiger partial charge in [0.25, 0.3) is 0 Å². The standard InChI is InChI=1S/C12H15FN2/c1-9-5-6-10(13)8-11(9)15-7-3-2-4-12(15)14/h5-6,8,14H,2-4,7H2,1H3. The van der Waals surface area contributed by atoms with E-state index in [4.69, 9.17) is 5.41 Å². The van der Waals surface area contributed by atoms with Crippen LogP contribution in [-0.4, -0.2) is 12.4 Å². The summed E-state index contributed by atoms with van der Waals surface area (Å²) < 4.78 is 13.1. The predicted octanol–water partition coefficient (Wildman–Crippen LogP) is 3.10. The lowest BCUT2D eigenvalue weighted by atomic mass is 10.1. The van der Waals surface area contributed by atoms with Crippen molar-refractivity contribution in [1.82, 2.24) is 0 Å². The minimum absolute atomic E-state index is 0.228. The van der Waals surface area contributed by atoms with Crippen LogP contribution in [0.3, 0.4) is 0 Å². The molecule has 0 aromatic heterocycles. The van der Waals surface area contributed by atoms with E-state index >= 15 is 0 Å². The topological polar surface area (TPSA) is 27.1 Å². The van der Waals surface area contributed by atoms with E-state index in [2.05, 4.69) is 0 Å². The van der Waals surface area contributed by atoms with Crippen LogP contribution in [0.4, 0.5) is 10.1 Å². The molecule has 0 aliphatic carbocycles. The molecule has 1 aliphatic rings. The number of rotatable bonds is 1. The van der Waals surface area contributed by atoms with Crippen LogP contribution in [0.25, 0.3) is 0 Å². The molecule has 2 nitrogen and oxygen atoms in total. The van der Waals surface area contributed by atoms with Crippen molar-refractivity contribution < 1.29 is 4.39 Å². The van der Waals surface area contributed by atoms with E-state index in [9.17, 15) is 4.39 Å². The largest absolute Gasteiger partial charge is 0.330 e. The molecule has 15 heavy (non-hydrogen) atoms. The quantitative estimate of drug-likeness (QED) is 0.751. The summed E-state index contributed by atoms with van der Waals surface area (Å²) in [6, 6.07) is 4.76. The van der Waals surface area contributed by atoms with Gasteiger partial charge in [-0.25, -0.2) is 4.39 Å². The lowest BCUT2D eigenvalue weighted by Crippen LogP contribution is -2.35. The van der Waals surface area contributed by atoms with Crippen LogP contribution in [0.1, 0.15) is 24.8 Å². The molecular weight excluding hydrogens is 191 g/mol. The molecule has 80 valence electrons. The Morgan fingerprint density at radius 1 is 1.33 bits per heavy atom. The molecule has 0 atom stereocenters. The van der Waals surface area contributed by atoms with E-state index in [0.717, 1.165) is 37.1 Å². The third-order valence-electron chi connectivity index (χ3n) is 2.83. The summed E-state index contributed by atoms with van der Waals surface area (Å²) >= 11 is 0. The van der Waals surface area contributed by atoms with E-state index in [-0.39, 0.29) is 5.82 Å². The zero-order chi connectivity index (χ0) is 10.8. The van der Waals surface area contributed by atoms with Gasteiger partial charge in [0.15, 0.2) is 0 Å². The summed E-state index contributed by atoms with van der Waals surface area (Å²) in [6.45, 7) is 2.79. The summed E-state index contributed by atoms with van der Waals surface area (Å²) in [4.78, 5) is 1.92. The minimum atomic E-state index is -0.228. The lowest BCUT2D eigenvalue weighted by Gasteiger charge is -2.30. The normalized spacial score (nSPS) is 16.9. The maximum atomic E-state index is 13.1. The molecule has 1 aromatic rings. The first-order chi connectivity index (χ1) is 7.18. The molecule has 1 fully saturated rings. The van der Waals surface area contributed by atoms with Crippen molar-refractivity contribution in [2.24, 2.45) is 0 Å². The summed E-state index contributed by atoms with van der Waals surface area (Å²) in [5, 5.41) is 7.85. The van der Waals surface area contributed by atoms with Crippen LogP contribution >= 0.6 is 0 Å². The van der Waals surface area contributed by atoms with Crippen molar-refractivity contribution in [2.45, 2.75) is 26.2 Å². The van der Waals surface area contributed by atoms with E-state index in [1.807, 2.05) is 11.8 Å². The molecule has 0 saturated carbocycles. The van der Waals surface area contributed by atoms with Gasteiger partial charge in [0, 0.05) is 18.7 Å². The molecule has 1 heterocycles. The Hall–Kier alpha value is -1.38. The number of hydrogen-bond acceptors (Lipinski definition) is 1. The number of halogens is 1. The molecule has 0 bridgehead atoms. The molecule has 0 radical (unpaired) electrons. The Labute approximate surface area is 89.2 Å². The zero-order valence-electron chi connectivity index (χ0n) is 8.89. The monoisotopic (exact) mass is 206 g/mol. The number of nitrogens with zero attached hydrogens (tertiary/aromatic N) is 1. The molecule has 3 heteroatoms. The number of nitrogens with one attached hydrogen (secondary N) is 1. The van der Waals surface area contributed by atoms with Crippen LogP contribution < -0.4 is 4.90 Å². The fourth-order valence-electron chi connectivity index (χ4n) is 1.97. The molecule has 1 aliphatic heterocycles. The SMILES string of the molecule is Cc1ccc(F)cc1N1CCCCC1=N. The lowest BCUT2D eigenvalue weighted by molar-refractivity contribution is 0.625. The highest BCUT2D eigenvalue weighted by atomic mass is 19.1. The average molecular weight is 206 g/mol. The maximum absolute atomic E-state index is 13.1. The average Bonchev–Trinajstić information content (AvgIpc) is 2.23. The first kappa shape index (κ1) is 10.1. The van der Waals surface area contributed by atoms with Gasteiger partial charge >= 0.3 is 0 Å². The summed E-state index contributed by atoms with van der Waals surface area (Å²) in [6.07, 6.45) is 2.96. The molecule has 1 saturated heterocycles. The van der Waals surface area contributed by atoms with Crippen molar-refractivity contribution in [3.63, 3.8) is 0 Å². The zero-order valence-corrected chi connectivity index (χ0v) is 8.89. The van der Waals surface area contributed by atoms with Crippen molar-refractivity contribution >= 4 is 11.5 Å². The number of benzene rings is 1. The Bertz CT molecular complexity index is 387. The molecular formula is C12H15FN2. The first-order valence-electron chi connectivity index (χ1n) is 5.29. The van der Waals surface area contributed by atoms with Gasteiger partial charge in [-0.2, -0.15) is 0 Å². The van der Waals surface area contributed by atoms with E-state index < -0.39 is 0 Å². The number of hydrogen-bond donors (Lipinski definition) is 1. The molecule has 2 rings (SSSR count). The van der Waals surface area contributed by atoms with Gasteiger partial charge in [0.05, 0.1) is 0 Å². The Kier molecular flexibility index (Phi) is 2.71. The van der Waals surface area contributed by atoms with Crippen LogP contribution in [0, 0.1) is 18.2 Å². The second kappa shape index (κ2) is 4.01. The highest BCUT2D eigenvalue weighted by Gasteiger charge is 2.18. The van der Waals surface area contributed by atoms with Gasteiger partial charge < -0.3 is 4.90 Å². The molecule has 0 amide bonds. The van der Waals surface area contributed by atoms with Crippen LogP contribution in [0.2, 0.25) is 0 Å². The third-order valence-corrected chi connectivity index (χ3v) is 2.83. The number of aryl methyl sites for hydroxylation is 1. The second-order valence-electron chi connectivity index (χ2n) is 3.99. The van der Waals surface area contributed by atoms with Gasteiger partial charge in [0.2, 0.25) is 0 Å². The van der Waals surface area contributed by atoms with Crippen molar-refractivity contribution in [3.05, 3.63) is 29.6 Å². The second-order valence-corrected chi connectivity index (χ2v) is 3.99. The van der Waals surface area contributed by atoms with Gasteiger partial charge in [-0.1, -0.05) is 6.07 Å². The van der Waals surface area contributed by atoms with Gasteiger partial charge in [-0.05, 0) is 37.5 Å². The number of piperidine rings is 1. The number of amidine groups is 1. The Morgan fingerprint density at radius 3 is 2.87 bits per heavy atom. The Balaban J connectivity index is 2.34. The third kappa shape index (κ3) is 2.01. The smallest absolute Gasteiger partial charge is 0.125 e. The van der Waals surface area contributed by atoms with Gasteiger partial charge in [0.1, 0.15) is 11.7 Å². The molecule has 1 N–H and O–H groups in total. The van der Waals surface area contributed by atoms with E-state index in [1.54, 1.807) is 6.07 Å². The van der Waals surface area contributed by atoms with Gasteiger partial charge in [-0.15, -0.1) is 0 Å². The van der Waals surface area contributed by atoms with Crippen LogP contribution in [0.5, 0.6) is 0 Å². The predicted molar refractivity (Wildman–Crippen MR) is 60.1 cm³/mol. The van der Waals surface area contributed by atoms with Crippen LogP contribution in [0.15, 0.2) is 18.2 Å². The first-order valence-corrected chi connectivity index (χ1v) is 5.29. The van der Waals surface area contributed by atoms with Crippen molar-refractivity contribution in [2.75, 3.05) is 11.4 Å². The summed E-state index contributed by atoms with van der Waals surface area (Å²) in [5.41, 5.74) is 1.88. The van der Waals surface area contributed by atoms with E-state index in [0.29, 0.717) is 5.84 Å². The highest BCUT2D eigenvalue weighted by molar-refractivity contribution is 5.96. The van der Waals surface area contributed by atoms with Crippen LogP contribution in [-0.2, 0) is 0 Å². The number of anilines is 1. The molecule has 1 aromatic carbocycles. The fourth-order valence-corrected chi connectivity index (χ4v) is 1.97. The summed E-state index contributed by atoms with van der Waals surface area (Å²) in [5.74, 6) is 0.379. The maximum Gasteiger partial charge on any atom is 0.125 e. The van der Waals surface area contributed by atoms with Crippen molar-refractivity contribution in [1.29, 1.82) is 5.41 Å². The molecule has 0 spiro atoms. The molecule has 0 unspecified atom stereocenters. The highest BCUT2D eigenvalue weighted by Crippen LogP contribution is 2.25. The van der Waals surface area contributed by atoms with E-state index in [1.165, 1.54) is 12.1 Å². The van der Waals surface area contributed by atoms with Gasteiger partial charge in [-0.3, -0.25) is 5.41 Å². The van der Waals surface area contributed by atoms with Crippen molar-refractivity contribution in [3.8, 4) is 0 Å².